The zero-order valence-electron chi connectivity index (χ0n) is 11.7. The van der Waals surface area contributed by atoms with Gasteiger partial charge in [0.05, 0.1) is 10.7 Å². The van der Waals surface area contributed by atoms with Gasteiger partial charge in [0, 0.05) is 12.6 Å². The predicted molar refractivity (Wildman–Crippen MR) is 81.5 cm³/mol. The van der Waals surface area contributed by atoms with Gasteiger partial charge in [0.25, 0.3) is 5.56 Å². The molecular formula is C14H22BrN3O. The molecule has 1 aromatic heterocycles. The molecule has 1 aliphatic carbocycles. The van der Waals surface area contributed by atoms with Gasteiger partial charge in [0.1, 0.15) is 5.69 Å². The van der Waals surface area contributed by atoms with Crippen LogP contribution in [0.4, 0.5) is 5.69 Å². The highest BCUT2D eigenvalue weighted by molar-refractivity contribution is 9.10. The third-order valence-electron chi connectivity index (χ3n) is 3.99. The summed E-state index contributed by atoms with van der Waals surface area (Å²) in [5, 5.41) is 7.58. The van der Waals surface area contributed by atoms with Crippen molar-refractivity contribution in [3.05, 3.63) is 21.0 Å². The lowest BCUT2D eigenvalue weighted by Crippen LogP contribution is -2.32. The molecule has 0 aliphatic heterocycles. The van der Waals surface area contributed by atoms with Gasteiger partial charge in [-0.05, 0) is 47.5 Å². The summed E-state index contributed by atoms with van der Waals surface area (Å²) < 4.78 is 2.37. The summed E-state index contributed by atoms with van der Waals surface area (Å²) in [7, 11) is 0. The molecular weight excluding hydrogens is 306 g/mol. The van der Waals surface area contributed by atoms with E-state index in [0.29, 0.717) is 17.6 Å². The summed E-state index contributed by atoms with van der Waals surface area (Å²) in [6, 6.07) is 0.337. The largest absolute Gasteiger partial charge is 0.377 e. The van der Waals surface area contributed by atoms with Crippen molar-refractivity contribution in [1.29, 1.82) is 0 Å². The number of anilines is 1. The molecule has 1 aliphatic rings. The van der Waals surface area contributed by atoms with Crippen LogP contribution in [0.25, 0.3) is 0 Å². The van der Waals surface area contributed by atoms with E-state index < -0.39 is 0 Å². The molecule has 0 saturated heterocycles. The summed E-state index contributed by atoms with van der Waals surface area (Å²) in [5.41, 5.74) is 0.649. The molecule has 1 fully saturated rings. The fourth-order valence-corrected chi connectivity index (χ4v) is 2.72. The van der Waals surface area contributed by atoms with Crippen molar-refractivity contribution >= 4 is 21.6 Å². The van der Waals surface area contributed by atoms with E-state index in [4.69, 9.17) is 0 Å². The Kier molecular flexibility index (Phi) is 5.02. The first-order chi connectivity index (χ1) is 9.15. The maximum Gasteiger partial charge on any atom is 0.291 e. The van der Waals surface area contributed by atoms with Crippen molar-refractivity contribution in [3.8, 4) is 0 Å². The molecule has 106 valence electrons. The minimum atomic E-state index is -0.00632. The van der Waals surface area contributed by atoms with Gasteiger partial charge >= 0.3 is 0 Å². The molecule has 0 spiro atoms. The average molecular weight is 328 g/mol. The van der Waals surface area contributed by atoms with E-state index in [1.807, 2.05) is 0 Å². The summed E-state index contributed by atoms with van der Waals surface area (Å²) in [6.07, 6.45) is 7.47. The van der Waals surface area contributed by atoms with Crippen LogP contribution in [0.3, 0.4) is 0 Å². The molecule has 0 bridgehead atoms. The van der Waals surface area contributed by atoms with Crippen molar-refractivity contribution in [1.82, 2.24) is 9.78 Å². The number of hydrogen-bond donors (Lipinski definition) is 1. The molecule has 0 atom stereocenters. The summed E-state index contributed by atoms with van der Waals surface area (Å²) in [4.78, 5) is 12.4. The van der Waals surface area contributed by atoms with Crippen molar-refractivity contribution in [2.24, 2.45) is 5.92 Å². The van der Waals surface area contributed by atoms with Gasteiger partial charge in [-0.3, -0.25) is 4.79 Å². The Morgan fingerprint density at radius 1 is 1.47 bits per heavy atom. The zero-order valence-corrected chi connectivity index (χ0v) is 13.2. The van der Waals surface area contributed by atoms with Gasteiger partial charge in [-0.2, -0.15) is 5.10 Å². The Hall–Kier alpha value is -0.840. The molecule has 0 aromatic carbocycles. The Morgan fingerprint density at radius 2 is 2.16 bits per heavy atom. The van der Waals surface area contributed by atoms with Crippen LogP contribution in [-0.4, -0.2) is 15.8 Å². The summed E-state index contributed by atoms with van der Waals surface area (Å²) >= 11 is 3.43. The highest BCUT2D eigenvalue weighted by Gasteiger charge is 2.20. The lowest BCUT2D eigenvalue weighted by Gasteiger charge is -2.25. The molecule has 1 heterocycles. The SMILES string of the molecule is CCC(CC)Nc1c(Br)cnn(CC2CCC2)c1=O. The van der Waals surface area contributed by atoms with E-state index in [1.54, 1.807) is 10.9 Å². The zero-order chi connectivity index (χ0) is 13.8. The molecule has 5 heteroatoms. The second-order valence-corrected chi connectivity index (χ2v) is 6.16. The first-order valence-electron chi connectivity index (χ1n) is 7.17. The lowest BCUT2D eigenvalue weighted by molar-refractivity contribution is 0.262. The fraction of sp³-hybridized carbons (Fsp3) is 0.714. The third-order valence-corrected chi connectivity index (χ3v) is 4.59. The molecule has 19 heavy (non-hydrogen) atoms. The van der Waals surface area contributed by atoms with E-state index >= 15 is 0 Å². The van der Waals surface area contributed by atoms with Gasteiger partial charge in [-0.15, -0.1) is 0 Å². The van der Waals surface area contributed by atoms with Crippen LogP contribution >= 0.6 is 15.9 Å². The number of halogens is 1. The maximum absolute atomic E-state index is 12.4. The van der Waals surface area contributed by atoms with Crippen molar-refractivity contribution < 1.29 is 0 Å². The fourth-order valence-electron chi connectivity index (χ4n) is 2.35. The molecule has 2 rings (SSSR count). The van der Waals surface area contributed by atoms with Crippen LogP contribution in [0, 0.1) is 5.92 Å². The Balaban J connectivity index is 2.20. The van der Waals surface area contributed by atoms with Crippen LogP contribution < -0.4 is 10.9 Å². The van der Waals surface area contributed by atoms with Crippen LogP contribution in [0.2, 0.25) is 0 Å². The minimum absolute atomic E-state index is 0.00632. The molecule has 1 saturated carbocycles. The van der Waals surface area contributed by atoms with E-state index in [1.165, 1.54) is 19.3 Å². The van der Waals surface area contributed by atoms with Crippen LogP contribution in [-0.2, 0) is 6.54 Å². The van der Waals surface area contributed by atoms with Crippen LogP contribution in [0.1, 0.15) is 46.0 Å². The second kappa shape index (κ2) is 6.55. The van der Waals surface area contributed by atoms with Gasteiger partial charge in [0.15, 0.2) is 0 Å². The quantitative estimate of drug-likeness (QED) is 0.870. The average Bonchev–Trinajstić information content (AvgIpc) is 2.36. The molecule has 1 aromatic rings. The van der Waals surface area contributed by atoms with Gasteiger partial charge < -0.3 is 5.32 Å². The number of nitrogens with zero attached hydrogens (tertiary/aromatic N) is 2. The second-order valence-electron chi connectivity index (χ2n) is 5.31. The van der Waals surface area contributed by atoms with E-state index in [-0.39, 0.29) is 5.56 Å². The molecule has 1 N–H and O–H groups in total. The summed E-state index contributed by atoms with van der Waals surface area (Å²) in [5.74, 6) is 0.632. The van der Waals surface area contributed by atoms with Gasteiger partial charge in [-0.1, -0.05) is 20.3 Å². The minimum Gasteiger partial charge on any atom is -0.377 e. The molecule has 0 radical (unpaired) electrons. The van der Waals surface area contributed by atoms with Crippen LogP contribution in [0.15, 0.2) is 15.5 Å². The van der Waals surface area contributed by atoms with Crippen molar-refractivity contribution in [2.45, 2.75) is 58.5 Å². The number of hydrogen-bond acceptors (Lipinski definition) is 3. The number of nitrogens with one attached hydrogen (secondary N) is 1. The van der Waals surface area contributed by atoms with E-state index in [9.17, 15) is 4.79 Å². The molecule has 0 amide bonds. The highest BCUT2D eigenvalue weighted by atomic mass is 79.9. The molecule has 0 unspecified atom stereocenters. The lowest BCUT2D eigenvalue weighted by atomic mass is 9.85. The van der Waals surface area contributed by atoms with Crippen molar-refractivity contribution in [3.63, 3.8) is 0 Å². The van der Waals surface area contributed by atoms with E-state index in [0.717, 1.165) is 23.9 Å². The normalized spacial score (nSPS) is 15.6. The predicted octanol–water partition coefficient (Wildman–Crippen LogP) is 3.41. The first kappa shape index (κ1) is 14.6. The van der Waals surface area contributed by atoms with Crippen LogP contribution in [0.5, 0.6) is 0 Å². The standard InChI is InChI=1S/C14H22BrN3O/c1-3-11(4-2)17-13-12(15)8-16-18(14(13)19)9-10-6-5-7-10/h8,10-11,17H,3-7,9H2,1-2H3. The van der Waals surface area contributed by atoms with Gasteiger partial charge in [-0.25, -0.2) is 4.68 Å². The monoisotopic (exact) mass is 327 g/mol. The van der Waals surface area contributed by atoms with E-state index in [2.05, 4.69) is 40.2 Å². The third kappa shape index (κ3) is 3.38. The molecule has 4 nitrogen and oxygen atoms in total. The Morgan fingerprint density at radius 3 is 2.68 bits per heavy atom. The first-order valence-corrected chi connectivity index (χ1v) is 7.97. The summed E-state index contributed by atoms with van der Waals surface area (Å²) in [6.45, 7) is 5.01. The maximum atomic E-state index is 12.4. The van der Waals surface area contributed by atoms with Gasteiger partial charge in [0.2, 0.25) is 0 Å². The highest BCUT2D eigenvalue weighted by Crippen LogP contribution is 2.27. The number of rotatable bonds is 6. The Bertz CT molecular complexity index is 478. The Labute approximate surface area is 122 Å². The number of aromatic nitrogens is 2. The van der Waals surface area contributed by atoms with Crippen molar-refractivity contribution in [2.75, 3.05) is 5.32 Å². The topological polar surface area (TPSA) is 46.9 Å². The smallest absolute Gasteiger partial charge is 0.291 e.